The molecule has 4 rings (SSSR count). The number of hydrogen-bond acceptors (Lipinski definition) is 4. The Kier molecular flexibility index (Phi) is 4.83. The molecule has 0 aliphatic heterocycles. The van der Waals surface area contributed by atoms with E-state index in [2.05, 4.69) is 15.2 Å². The zero-order chi connectivity index (χ0) is 18.5. The lowest BCUT2D eigenvalue weighted by atomic mass is 10.1. The summed E-state index contributed by atoms with van der Waals surface area (Å²) in [4.78, 5) is 4.32. The Morgan fingerprint density at radius 3 is 2.11 bits per heavy atom. The number of pyridine rings is 1. The molecule has 0 radical (unpaired) electrons. The van der Waals surface area contributed by atoms with Gasteiger partial charge in [-0.2, -0.15) is 5.10 Å². The zero-order valence-corrected chi connectivity index (χ0v) is 14.9. The summed E-state index contributed by atoms with van der Waals surface area (Å²) in [7, 11) is 0. The summed E-state index contributed by atoms with van der Waals surface area (Å²) in [5.74, 6) is 2.30. The van der Waals surface area contributed by atoms with Crippen LogP contribution in [0.15, 0.2) is 85.2 Å². The van der Waals surface area contributed by atoms with Gasteiger partial charge in [0.2, 0.25) is 0 Å². The molecular formula is C22H19N3O2. The molecule has 0 aliphatic rings. The van der Waals surface area contributed by atoms with E-state index in [1.165, 1.54) is 0 Å². The van der Waals surface area contributed by atoms with E-state index in [0.717, 1.165) is 34.2 Å². The first kappa shape index (κ1) is 16.8. The van der Waals surface area contributed by atoms with Gasteiger partial charge in [-0.05, 0) is 79.2 Å². The third-order valence-corrected chi connectivity index (χ3v) is 4.14. The summed E-state index contributed by atoms with van der Waals surface area (Å²) < 4.78 is 11.8. The molecule has 2 aromatic carbocycles. The van der Waals surface area contributed by atoms with Crippen molar-refractivity contribution in [3.8, 4) is 28.5 Å². The van der Waals surface area contributed by atoms with Crippen LogP contribution in [0.2, 0.25) is 0 Å². The third-order valence-electron chi connectivity index (χ3n) is 4.14. The van der Waals surface area contributed by atoms with E-state index in [9.17, 15) is 0 Å². The summed E-state index contributed by atoms with van der Waals surface area (Å²) in [5.41, 5.74) is 2.94. The van der Waals surface area contributed by atoms with Gasteiger partial charge in [-0.15, -0.1) is 0 Å². The van der Waals surface area contributed by atoms with Gasteiger partial charge in [-0.1, -0.05) is 6.07 Å². The van der Waals surface area contributed by atoms with Crippen LogP contribution in [-0.4, -0.2) is 15.2 Å². The Morgan fingerprint density at radius 2 is 1.48 bits per heavy atom. The topological polar surface area (TPSA) is 60.0 Å². The van der Waals surface area contributed by atoms with Gasteiger partial charge >= 0.3 is 0 Å². The maximum Gasteiger partial charge on any atom is 0.138 e. The first-order valence-electron chi connectivity index (χ1n) is 8.73. The number of ether oxygens (including phenoxy) is 2. The fourth-order valence-corrected chi connectivity index (χ4v) is 2.72. The van der Waals surface area contributed by atoms with Crippen LogP contribution in [0, 0.1) is 0 Å². The molecule has 4 aromatic rings. The molecule has 1 atom stereocenters. The lowest BCUT2D eigenvalue weighted by Crippen LogP contribution is -2.04. The molecule has 5 nitrogen and oxygen atoms in total. The van der Waals surface area contributed by atoms with E-state index in [0.29, 0.717) is 0 Å². The summed E-state index contributed by atoms with van der Waals surface area (Å²) >= 11 is 0. The molecule has 0 saturated heterocycles. The van der Waals surface area contributed by atoms with Gasteiger partial charge < -0.3 is 9.47 Å². The molecule has 2 aromatic heterocycles. The van der Waals surface area contributed by atoms with Gasteiger partial charge in [0.1, 0.15) is 23.4 Å². The van der Waals surface area contributed by atoms with Crippen molar-refractivity contribution in [2.45, 2.75) is 13.0 Å². The van der Waals surface area contributed by atoms with E-state index in [1.54, 1.807) is 12.4 Å². The van der Waals surface area contributed by atoms with Crippen molar-refractivity contribution < 1.29 is 9.47 Å². The number of hydrogen-bond donors (Lipinski definition) is 1. The Hall–Kier alpha value is -3.60. The van der Waals surface area contributed by atoms with E-state index in [1.807, 2.05) is 79.7 Å². The van der Waals surface area contributed by atoms with Crippen molar-refractivity contribution >= 4 is 0 Å². The van der Waals surface area contributed by atoms with Gasteiger partial charge in [-0.25, -0.2) is 0 Å². The number of H-pyrrole nitrogens is 1. The molecule has 0 aliphatic carbocycles. The Labute approximate surface area is 157 Å². The molecule has 0 saturated carbocycles. The highest BCUT2D eigenvalue weighted by molar-refractivity contribution is 5.59. The van der Waals surface area contributed by atoms with E-state index >= 15 is 0 Å². The second-order valence-electron chi connectivity index (χ2n) is 6.08. The average Bonchev–Trinajstić information content (AvgIpc) is 3.26. The summed E-state index contributed by atoms with van der Waals surface area (Å²) in [5, 5.41) is 6.91. The van der Waals surface area contributed by atoms with Crippen molar-refractivity contribution in [3.63, 3.8) is 0 Å². The molecular weight excluding hydrogens is 338 g/mol. The number of nitrogens with zero attached hydrogens (tertiary/aromatic N) is 2. The average molecular weight is 357 g/mol. The predicted octanol–water partition coefficient (Wildman–Crippen LogP) is 5.40. The maximum absolute atomic E-state index is 5.94. The minimum absolute atomic E-state index is 0.118. The number of aromatic nitrogens is 3. The van der Waals surface area contributed by atoms with Crippen LogP contribution in [0.4, 0.5) is 0 Å². The van der Waals surface area contributed by atoms with Gasteiger partial charge in [0, 0.05) is 12.4 Å². The van der Waals surface area contributed by atoms with Gasteiger partial charge in [0.25, 0.3) is 0 Å². The summed E-state index contributed by atoms with van der Waals surface area (Å²) in [6, 6.07) is 23.2. The highest BCUT2D eigenvalue weighted by Gasteiger charge is 2.08. The van der Waals surface area contributed by atoms with Crippen LogP contribution in [0.3, 0.4) is 0 Å². The van der Waals surface area contributed by atoms with Crippen LogP contribution < -0.4 is 9.47 Å². The second kappa shape index (κ2) is 7.74. The van der Waals surface area contributed by atoms with E-state index in [4.69, 9.17) is 9.47 Å². The predicted molar refractivity (Wildman–Crippen MR) is 104 cm³/mol. The number of rotatable bonds is 6. The van der Waals surface area contributed by atoms with Crippen molar-refractivity contribution in [1.82, 2.24) is 15.2 Å². The smallest absolute Gasteiger partial charge is 0.138 e. The Bertz CT molecular complexity index is 967. The molecule has 0 spiro atoms. The van der Waals surface area contributed by atoms with E-state index in [-0.39, 0.29) is 6.10 Å². The van der Waals surface area contributed by atoms with E-state index < -0.39 is 0 Å². The SMILES string of the molecule is C[C@H](Oc1ccc(Oc2ccc(-c3ccn[nH]3)cc2)cc1)c1ccccn1. The van der Waals surface area contributed by atoms with Crippen LogP contribution in [-0.2, 0) is 0 Å². The lowest BCUT2D eigenvalue weighted by molar-refractivity contribution is 0.221. The number of benzene rings is 2. The molecule has 1 N–H and O–H groups in total. The van der Waals surface area contributed by atoms with Crippen LogP contribution in [0.25, 0.3) is 11.3 Å². The normalized spacial score (nSPS) is 11.7. The van der Waals surface area contributed by atoms with Gasteiger partial charge in [0.15, 0.2) is 0 Å². The van der Waals surface area contributed by atoms with Crippen molar-refractivity contribution in [2.24, 2.45) is 0 Å². The highest BCUT2D eigenvalue weighted by Crippen LogP contribution is 2.27. The molecule has 0 fully saturated rings. The fraction of sp³-hybridized carbons (Fsp3) is 0.0909. The van der Waals surface area contributed by atoms with Crippen LogP contribution >= 0.6 is 0 Å². The first-order valence-corrected chi connectivity index (χ1v) is 8.73. The fourth-order valence-electron chi connectivity index (χ4n) is 2.72. The van der Waals surface area contributed by atoms with Crippen molar-refractivity contribution in [1.29, 1.82) is 0 Å². The molecule has 0 unspecified atom stereocenters. The third kappa shape index (κ3) is 4.15. The monoisotopic (exact) mass is 357 g/mol. The van der Waals surface area contributed by atoms with Gasteiger partial charge in [-0.3, -0.25) is 10.1 Å². The second-order valence-corrected chi connectivity index (χ2v) is 6.08. The van der Waals surface area contributed by atoms with Crippen LogP contribution in [0.1, 0.15) is 18.7 Å². The molecule has 134 valence electrons. The molecule has 5 heteroatoms. The maximum atomic E-state index is 5.94. The van der Waals surface area contributed by atoms with Gasteiger partial charge in [0.05, 0.1) is 11.4 Å². The quantitative estimate of drug-likeness (QED) is 0.502. The Balaban J connectivity index is 1.39. The number of aromatic amines is 1. The Morgan fingerprint density at radius 1 is 0.778 bits per heavy atom. The van der Waals surface area contributed by atoms with Crippen molar-refractivity contribution in [2.75, 3.05) is 0 Å². The minimum Gasteiger partial charge on any atom is -0.484 e. The molecule has 0 amide bonds. The first-order chi connectivity index (χ1) is 13.3. The highest BCUT2D eigenvalue weighted by atomic mass is 16.5. The largest absolute Gasteiger partial charge is 0.484 e. The lowest BCUT2D eigenvalue weighted by Gasteiger charge is -2.14. The number of nitrogens with one attached hydrogen (secondary N) is 1. The zero-order valence-electron chi connectivity index (χ0n) is 14.9. The molecule has 2 heterocycles. The minimum atomic E-state index is -0.118. The molecule has 27 heavy (non-hydrogen) atoms. The summed E-state index contributed by atoms with van der Waals surface area (Å²) in [6.45, 7) is 1.98. The van der Waals surface area contributed by atoms with Crippen LogP contribution in [0.5, 0.6) is 17.2 Å². The molecule has 0 bridgehead atoms. The van der Waals surface area contributed by atoms with Crippen molar-refractivity contribution in [3.05, 3.63) is 90.9 Å². The summed E-state index contributed by atoms with van der Waals surface area (Å²) in [6.07, 6.45) is 3.38. The standard InChI is InChI=1S/C22H19N3O2/c1-16(21-4-2-3-14-23-21)26-18-9-11-20(12-10-18)27-19-7-5-17(6-8-19)22-13-15-24-25-22/h2-16H,1H3,(H,24,25)/t16-/m0/s1.